The minimum Gasteiger partial charge on any atom is -0.281 e. The summed E-state index contributed by atoms with van der Waals surface area (Å²) in [7, 11) is -12.9. The molecule has 1 N–H and O–H groups in total. The molecule has 114 valence electrons. The Bertz CT molecular complexity index is 708. The van der Waals surface area contributed by atoms with Gasteiger partial charge in [-0.05, 0) is 24.3 Å². The first-order chi connectivity index (χ1) is 8.75. The Balaban J connectivity index is 3.52. The Morgan fingerprint density at radius 3 is 1.60 bits per heavy atom. The highest BCUT2D eigenvalue weighted by Crippen LogP contribution is 2.44. The van der Waals surface area contributed by atoms with Gasteiger partial charge in [-0.3, -0.25) is 4.55 Å². The van der Waals surface area contributed by atoms with Gasteiger partial charge in [-0.2, -0.15) is 26.0 Å². The van der Waals surface area contributed by atoms with Crippen molar-refractivity contribution in [2.75, 3.05) is 0 Å². The van der Waals surface area contributed by atoms with Crippen molar-refractivity contribution in [1.82, 2.24) is 0 Å². The van der Waals surface area contributed by atoms with Gasteiger partial charge in [-0.1, -0.05) is 0 Å². The molecule has 0 saturated carbocycles. The Kier molecular flexibility index (Phi) is 3.89. The van der Waals surface area contributed by atoms with E-state index in [0.29, 0.717) is 12.1 Å². The van der Waals surface area contributed by atoms with Gasteiger partial charge < -0.3 is 0 Å². The Labute approximate surface area is 109 Å². The number of halogens is 5. The molecule has 0 heterocycles. The maximum Gasteiger partial charge on any atom is 0.447 e. The minimum absolute atomic E-state index is 0.249. The van der Waals surface area contributed by atoms with E-state index in [1.807, 2.05) is 0 Å². The molecule has 20 heavy (non-hydrogen) atoms. The first kappa shape index (κ1) is 16.8. The van der Waals surface area contributed by atoms with E-state index in [9.17, 15) is 38.8 Å². The van der Waals surface area contributed by atoms with E-state index in [4.69, 9.17) is 4.55 Å². The van der Waals surface area contributed by atoms with Crippen molar-refractivity contribution >= 4 is 20.0 Å². The van der Waals surface area contributed by atoms with Crippen LogP contribution in [0.15, 0.2) is 29.2 Å². The lowest BCUT2D eigenvalue weighted by molar-refractivity contribution is -0.101. The first-order valence-electron chi connectivity index (χ1n) is 4.48. The zero-order chi connectivity index (χ0) is 16.0. The molecule has 0 atom stereocenters. The number of hydrogen-bond donors (Lipinski definition) is 1. The molecule has 0 amide bonds. The zero-order valence-corrected chi connectivity index (χ0v) is 10.7. The van der Waals surface area contributed by atoms with Crippen LogP contribution in [0.3, 0.4) is 0 Å². The lowest BCUT2D eigenvalue weighted by Crippen LogP contribution is -2.51. The summed E-state index contributed by atoms with van der Waals surface area (Å²) in [6.45, 7) is 0. The third-order valence-electron chi connectivity index (χ3n) is 2.12. The second kappa shape index (κ2) is 4.63. The molecule has 1 aromatic rings. The molecule has 0 saturated heterocycles. The van der Waals surface area contributed by atoms with Gasteiger partial charge in [0.25, 0.3) is 9.84 Å². The summed E-state index contributed by atoms with van der Waals surface area (Å²) in [4.78, 5) is -1.44. The molecule has 0 aromatic heterocycles. The Morgan fingerprint density at radius 1 is 0.850 bits per heavy atom. The molecule has 1 rings (SSSR count). The summed E-state index contributed by atoms with van der Waals surface area (Å²) in [6.07, 6.45) is 0. The van der Waals surface area contributed by atoms with Crippen LogP contribution in [-0.2, 0) is 20.0 Å². The molecule has 0 radical (unpaired) electrons. The van der Waals surface area contributed by atoms with Crippen LogP contribution in [0.4, 0.5) is 22.0 Å². The third kappa shape index (κ3) is 2.38. The summed E-state index contributed by atoms with van der Waals surface area (Å²) in [6, 6.07) is 1.29. The van der Waals surface area contributed by atoms with Crippen molar-refractivity contribution < 1.29 is 43.3 Å². The molecule has 12 heteroatoms. The maximum atomic E-state index is 13.3. The van der Waals surface area contributed by atoms with E-state index in [-0.39, 0.29) is 12.1 Å². The first-order valence-corrected chi connectivity index (χ1v) is 7.40. The van der Waals surface area contributed by atoms with Gasteiger partial charge in [0, 0.05) is 0 Å². The van der Waals surface area contributed by atoms with Gasteiger partial charge in [0.1, 0.15) is 5.82 Å². The van der Waals surface area contributed by atoms with Crippen LogP contribution >= 0.6 is 0 Å². The van der Waals surface area contributed by atoms with Gasteiger partial charge in [-0.15, -0.1) is 0 Å². The molecule has 5 nitrogen and oxygen atoms in total. The maximum absolute atomic E-state index is 13.3. The highest BCUT2D eigenvalue weighted by Gasteiger charge is 2.73. The Morgan fingerprint density at radius 2 is 1.25 bits per heavy atom. The average molecular weight is 340 g/mol. The third-order valence-corrected chi connectivity index (χ3v) is 4.98. The molecule has 0 bridgehead atoms. The largest absolute Gasteiger partial charge is 0.447 e. The van der Waals surface area contributed by atoms with Crippen molar-refractivity contribution in [2.24, 2.45) is 0 Å². The standard InChI is InChI=1S/C8H5F5O5S2/c9-5-1-3-6(4-2-5)19(14,15)7(10,11)8(12,13)20(16,17)18/h1-4H,(H,16,17,18). The smallest absolute Gasteiger partial charge is 0.281 e. The molecule has 0 spiro atoms. The molecular weight excluding hydrogens is 335 g/mol. The lowest BCUT2D eigenvalue weighted by Gasteiger charge is -2.23. The van der Waals surface area contributed by atoms with Crippen LogP contribution in [0.25, 0.3) is 0 Å². The van der Waals surface area contributed by atoms with E-state index < -0.39 is 41.2 Å². The molecule has 0 aliphatic heterocycles. The second-order valence-corrected chi connectivity index (χ2v) is 6.92. The van der Waals surface area contributed by atoms with E-state index >= 15 is 0 Å². The number of alkyl halides is 4. The number of sulfone groups is 1. The normalized spacial score (nSPS) is 14.3. The molecular formula is C8H5F5O5S2. The SMILES string of the molecule is O=S(=O)(O)C(F)(F)C(F)(F)S(=O)(=O)c1ccc(F)cc1. The number of benzene rings is 1. The monoisotopic (exact) mass is 340 g/mol. The van der Waals surface area contributed by atoms with E-state index in [1.54, 1.807) is 0 Å². The van der Waals surface area contributed by atoms with Crippen LogP contribution in [-0.4, -0.2) is 31.9 Å². The van der Waals surface area contributed by atoms with Crippen molar-refractivity contribution in [1.29, 1.82) is 0 Å². The summed E-state index contributed by atoms with van der Waals surface area (Å²) in [5, 5.41) is -12.4. The van der Waals surface area contributed by atoms with Crippen LogP contribution in [0, 0.1) is 5.82 Å². The summed E-state index contributed by atoms with van der Waals surface area (Å²) in [5.41, 5.74) is 0. The lowest BCUT2D eigenvalue weighted by atomic mass is 10.4. The predicted octanol–water partition coefficient (Wildman–Crippen LogP) is 1.67. The van der Waals surface area contributed by atoms with E-state index in [0.717, 1.165) is 0 Å². The number of hydrogen-bond acceptors (Lipinski definition) is 4. The highest BCUT2D eigenvalue weighted by molar-refractivity contribution is 7.94. The van der Waals surface area contributed by atoms with Gasteiger partial charge in [0.05, 0.1) is 4.90 Å². The van der Waals surface area contributed by atoms with Crippen molar-refractivity contribution in [3.05, 3.63) is 30.1 Å². The zero-order valence-electron chi connectivity index (χ0n) is 9.10. The molecule has 0 unspecified atom stereocenters. The predicted molar refractivity (Wildman–Crippen MR) is 55.0 cm³/mol. The fraction of sp³-hybridized carbons (Fsp3) is 0.250. The summed E-state index contributed by atoms with van der Waals surface area (Å²) in [5.74, 6) is -1.03. The quantitative estimate of drug-likeness (QED) is 0.512. The van der Waals surface area contributed by atoms with E-state index in [2.05, 4.69) is 0 Å². The van der Waals surface area contributed by atoms with Gasteiger partial charge >= 0.3 is 20.6 Å². The molecule has 1 aromatic carbocycles. The minimum atomic E-state index is -6.70. The van der Waals surface area contributed by atoms with Gasteiger partial charge in [0.15, 0.2) is 0 Å². The molecule has 0 aliphatic carbocycles. The van der Waals surface area contributed by atoms with Gasteiger partial charge in [-0.25, -0.2) is 12.8 Å². The molecule has 0 aliphatic rings. The van der Waals surface area contributed by atoms with Crippen molar-refractivity contribution in [3.8, 4) is 0 Å². The fourth-order valence-electron chi connectivity index (χ4n) is 1.07. The topological polar surface area (TPSA) is 88.5 Å². The van der Waals surface area contributed by atoms with Gasteiger partial charge in [0.2, 0.25) is 0 Å². The van der Waals surface area contributed by atoms with Crippen LogP contribution < -0.4 is 0 Å². The Hall–Kier alpha value is -1.27. The van der Waals surface area contributed by atoms with Crippen molar-refractivity contribution in [3.63, 3.8) is 0 Å². The number of rotatable bonds is 4. The van der Waals surface area contributed by atoms with Crippen LogP contribution in [0.1, 0.15) is 0 Å². The van der Waals surface area contributed by atoms with Crippen LogP contribution in [0.5, 0.6) is 0 Å². The van der Waals surface area contributed by atoms with E-state index in [1.165, 1.54) is 0 Å². The molecule has 0 fully saturated rings. The summed E-state index contributed by atoms with van der Waals surface area (Å²) >= 11 is 0. The highest BCUT2D eigenvalue weighted by atomic mass is 32.2. The van der Waals surface area contributed by atoms with Crippen molar-refractivity contribution in [2.45, 2.75) is 15.4 Å². The summed E-state index contributed by atoms with van der Waals surface area (Å²) < 4.78 is 116. The average Bonchev–Trinajstić information content (AvgIpc) is 2.27. The fourth-order valence-corrected chi connectivity index (χ4v) is 3.12. The van der Waals surface area contributed by atoms with Crippen LogP contribution in [0.2, 0.25) is 0 Å². The second-order valence-electron chi connectivity index (χ2n) is 3.47.